The minimum Gasteiger partial charge on any atom is -0.348 e. The van der Waals surface area contributed by atoms with Crippen LogP contribution in [0.1, 0.15) is 53.9 Å². The number of nitrogens with zero attached hydrogens (tertiary/aromatic N) is 2. The highest BCUT2D eigenvalue weighted by Gasteiger charge is 2.19. The lowest BCUT2D eigenvalue weighted by atomic mass is 9.96. The van der Waals surface area contributed by atoms with Gasteiger partial charge in [0, 0.05) is 12.2 Å². The number of aromatic amines is 1. The Balaban J connectivity index is 1.52. The van der Waals surface area contributed by atoms with Gasteiger partial charge in [0.25, 0.3) is 0 Å². The first kappa shape index (κ1) is 17.7. The van der Waals surface area contributed by atoms with Crippen molar-refractivity contribution in [1.29, 1.82) is 0 Å². The normalized spacial score (nSPS) is 15.0. The van der Waals surface area contributed by atoms with E-state index in [1.807, 2.05) is 18.9 Å². The fraction of sp³-hybridized carbons (Fsp3) is 0.500. The van der Waals surface area contributed by atoms with Gasteiger partial charge in [-0.2, -0.15) is 5.10 Å². The van der Waals surface area contributed by atoms with Crippen LogP contribution < -0.4 is 5.32 Å². The van der Waals surface area contributed by atoms with Gasteiger partial charge in [-0.1, -0.05) is 29.8 Å². The maximum atomic E-state index is 12.3. The molecule has 25 heavy (non-hydrogen) atoms. The first-order valence-corrected chi connectivity index (χ1v) is 9.12. The zero-order chi connectivity index (χ0) is 17.8. The van der Waals surface area contributed by atoms with Crippen molar-refractivity contribution < 1.29 is 4.79 Å². The predicted molar refractivity (Wildman–Crippen MR) is 99.3 cm³/mol. The molecular weight excluding hydrogens is 312 g/mol. The molecule has 1 amide bonds. The Morgan fingerprint density at radius 3 is 2.76 bits per heavy atom. The summed E-state index contributed by atoms with van der Waals surface area (Å²) in [5.41, 5.74) is 6.10. The second-order valence-electron chi connectivity index (χ2n) is 7.21. The SMILES string of the molecule is Cc1ccc([C@H](C)NC(=O)CN(C)Cc2n[nH]c3c2CCCC3)cc1. The maximum absolute atomic E-state index is 12.3. The molecule has 134 valence electrons. The Bertz CT molecular complexity index is 720. The molecule has 0 aliphatic heterocycles. The second-order valence-corrected chi connectivity index (χ2v) is 7.21. The van der Waals surface area contributed by atoms with Gasteiger partial charge in [-0.15, -0.1) is 0 Å². The number of amides is 1. The molecule has 5 nitrogen and oxygen atoms in total. The zero-order valence-corrected chi connectivity index (χ0v) is 15.4. The molecular formula is C20H28N4O. The molecule has 5 heteroatoms. The molecule has 0 radical (unpaired) electrons. The van der Waals surface area contributed by atoms with Gasteiger partial charge in [0.1, 0.15) is 0 Å². The fourth-order valence-electron chi connectivity index (χ4n) is 3.46. The number of H-pyrrole nitrogens is 1. The maximum Gasteiger partial charge on any atom is 0.234 e. The van der Waals surface area contributed by atoms with Gasteiger partial charge in [0.2, 0.25) is 5.91 Å². The monoisotopic (exact) mass is 340 g/mol. The number of likely N-dealkylation sites (N-methyl/N-ethyl adjacent to an activating group) is 1. The Hall–Kier alpha value is -2.14. The van der Waals surface area contributed by atoms with Gasteiger partial charge < -0.3 is 5.32 Å². The standard InChI is InChI=1S/C20H28N4O/c1-14-8-10-16(11-9-14)15(2)21-20(25)13-24(3)12-19-17-6-4-5-7-18(17)22-23-19/h8-11,15H,4-7,12-13H2,1-3H3,(H,21,25)(H,22,23)/t15-/m0/s1. The van der Waals surface area contributed by atoms with Gasteiger partial charge in [-0.05, 0) is 57.7 Å². The number of fused-ring (bicyclic) bond motifs is 1. The number of hydrogen-bond acceptors (Lipinski definition) is 3. The largest absolute Gasteiger partial charge is 0.348 e. The van der Waals surface area contributed by atoms with E-state index in [9.17, 15) is 4.79 Å². The number of rotatable bonds is 6. The van der Waals surface area contributed by atoms with Crippen LogP contribution in [0.2, 0.25) is 0 Å². The van der Waals surface area contributed by atoms with Crippen molar-refractivity contribution in [3.63, 3.8) is 0 Å². The highest BCUT2D eigenvalue weighted by atomic mass is 16.2. The third-order valence-electron chi connectivity index (χ3n) is 4.93. The molecule has 3 rings (SSSR count). The van der Waals surface area contributed by atoms with Gasteiger partial charge in [-0.3, -0.25) is 14.8 Å². The molecule has 1 aromatic carbocycles. The van der Waals surface area contributed by atoms with Crippen LogP contribution in [0.3, 0.4) is 0 Å². The summed E-state index contributed by atoms with van der Waals surface area (Å²) < 4.78 is 0. The number of aromatic nitrogens is 2. The molecule has 0 fully saturated rings. The summed E-state index contributed by atoms with van der Waals surface area (Å²) in [4.78, 5) is 14.4. The number of aryl methyl sites for hydroxylation is 2. The van der Waals surface area contributed by atoms with Crippen molar-refractivity contribution in [1.82, 2.24) is 20.4 Å². The lowest BCUT2D eigenvalue weighted by Crippen LogP contribution is -2.36. The van der Waals surface area contributed by atoms with E-state index in [0.29, 0.717) is 13.1 Å². The molecule has 1 aromatic heterocycles. The summed E-state index contributed by atoms with van der Waals surface area (Å²) in [6.07, 6.45) is 4.67. The third-order valence-corrected chi connectivity index (χ3v) is 4.93. The van der Waals surface area contributed by atoms with E-state index in [4.69, 9.17) is 0 Å². The van der Waals surface area contributed by atoms with E-state index in [2.05, 4.69) is 46.7 Å². The highest BCUT2D eigenvalue weighted by Crippen LogP contribution is 2.22. The van der Waals surface area contributed by atoms with E-state index in [-0.39, 0.29) is 11.9 Å². The molecule has 0 spiro atoms. The summed E-state index contributed by atoms with van der Waals surface area (Å²) >= 11 is 0. The molecule has 0 bridgehead atoms. The lowest BCUT2D eigenvalue weighted by molar-refractivity contribution is -0.122. The predicted octanol–water partition coefficient (Wildman–Crippen LogP) is 2.91. The molecule has 0 unspecified atom stereocenters. The zero-order valence-electron chi connectivity index (χ0n) is 15.4. The quantitative estimate of drug-likeness (QED) is 0.850. The van der Waals surface area contributed by atoms with Crippen LogP contribution in [0.5, 0.6) is 0 Å². The van der Waals surface area contributed by atoms with Crippen LogP contribution in [0.15, 0.2) is 24.3 Å². The average Bonchev–Trinajstić information content (AvgIpc) is 2.98. The first-order chi connectivity index (χ1) is 12.0. The van der Waals surface area contributed by atoms with E-state index >= 15 is 0 Å². The second kappa shape index (κ2) is 7.83. The van der Waals surface area contributed by atoms with Crippen LogP contribution >= 0.6 is 0 Å². The van der Waals surface area contributed by atoms with Gasteiger partial charge >= 0.3 is 0 Å². The molecule has 1 heterocycles. The smallest absolute Gasteiger partial charge is 0.234 e. The Kier molecular flexibility index (Phi) is 5.53. The topological polar surface area (TPSA) is 61.0 Å². The molecule has 1 aliphatic rings. The van der Waals surface area contributed by atoms with Gasteiger partial charge in [-0.25, -0.2) is 0 Å². The van der Waals surface area contributed by atoms with Crippen molar-refractivity contribution in [2.24, 2.45) is 0 Å². The van der Waals surface area contributed by atoms with E-state index in [1.54, 1.807) is 0 Å². The summed E-state index contributed by atoms with van der Waals surface area (Å²) in [6, 6.07) is 8.30. The van der Waals surface area contributed by atoms with E-state index in [1.165, 1.54) is 29.7 Å². The van der Waals surface area contributed by atoms with Crippen LogP contribution in [0, 0.1) is 6.92 Å². The van der Waals surface area contributed by atoms with Crippen molar-refractivity contribution in [3.05, 3.63) is 52.3 Å². The van der Waals surface area contributed by atoms with E-state index in [0.717, 1.165) is 24.1 Å². The van der Waals surface area contributed by atoms with Crippen molar-refractivity contribution >= 4 is 5.91 Å². The number of carbonyl (C=O) groups is 1. The molecule has 1 atom stereocenters. The van der Waals surface area contributed by atoms with Crippen LogP contribution in [0.4, 0.5) is 0 Å². The minimum absolute atomic E-state index is 0.0136. The molecule has 1 aliphatic carbocycles. The minimum atomic E-state index is 0.0136. The summed E-state index contributed by atoms with van der Waals surface area (Å²) in [5, 5.41) is 10.7. The van der Waals surface area contributed by atoms with Gasteiger partial charge in [0.05, 0.1) is 18.3 Å². The molecule has 2 N–H and O–H groups in total. The fourth-order valence-corrected chi connectivity index (χ4v) is 3.46. The van der Waals surface area contributed by atoms with Gasteiger partial charge in [0.15, 0.2) is 0 Å². The summed E-state index contributed by atoms with van der Waals surface area (Å²) in [5.74, 6) is 0.0416. The van der Waals surface area contributed by atoms with Crippen LogP contribution in [0.25, 0.3) is 0 Å². The van der Waals surface area contributed by atoms with Crippen molar-refractivity contribution in [3.8, 4) is 0 Å². The molecule has 0 saturated heterocycles. The summed E-state index contributed by atoms with van der Waals surface area (Å²) in [7, 11) is 1.97. The average molecular weight is 340 g/mol. The highest BCUT2D eigenvalue weighted by molar-refractivity contribution is 5.78. The molecule has 0 saturated carbocycles. The summed E-state index contributed by atoms with van der Waals surface area (Å²) in [6.45, 7) is 5.17. The van der Waals surface area contributed by atoms with E-state index < -0.39 is 0 Å². The Morgan fingerprint density at radius 2 is 2.00 bits per heavy atom. The number of benzene rings is 1. The third kappa shape index (κ3) is 4.48. The Morgan fingerprint density at radius 1 is 1.28 bits per heavy atom. The van der Waals surface area contributed by atoms with Crippen LogP contribution in [-0.4, -0.2) is 34.6 Å². The first-order valence-electron chi connectivity index (χ1n) is 9.12. The van der Waals surface area contributed by atoms with Crippen molar-refractivity contribution in [2.75, 3.05) is 13.6 Å². The number of hydrogen-bond donors (Lipinski definition) is 2. The van der Waals surface area contributed by atoms with Crippen molar-refractivity contribution in [2.45, 2.75) is 52.1 Å². The molecule has 2 aromatic rings. The number of carbonyl (C=O) groups excluding carboxylic acids is 1. The number of nitrogens with one attached hydrogen (secondary N) is 2. The van der Waals surface area contributed by atoms with Crippen LogP contribution in [-0.2, 0) is 24.2 Å². The Labute approximate surface area is 149 Å². The lowest BCUT2D eigenvalue weighted by Gasteiger charge is -2.19.